The summed E-state index contributed by atoms with van der Waals surface area (Å²) in [4.78, 5) is 34.9. The Bertz CT molecular complexity index is 371. The lowest BCUT2D eigenvalue weighted by Crippen LogP contribution is -2.51. The third kappa shape index (κ3) is 5.04. The molecule has 114 valence electrons. The number of rotatable bonds is 6. The third-order valence-corrected chi connectivity index (χ3v) is 3.18. The van der Waals surface area contributed by atoms with Crippen LogP contribution in [0.1, 0.15) is 19.3 Å². The number of hydrogen-bond acceptors (Lipinski definition) is 4. The highest BCUT2D eigenvalue weighted by Crippen LogP contribution is 2.16. The van der Waals surface area contributed by atoms with Gasteiger partial charge in [0, 0.05) is 26.1 Å². The maximum atomic E-state index is 12.0. The fourth-order valence-electron chi connectivity index (χ4n) is 2.24. The molecule has 1 heterocycles. The highest BCUT2D eigenvalue weighted by Gasteiger charge is 2.28. The zero-order valence-electron chi connectivity index (χ0n) is 11.4. The molecule has 0 saturated carbocycles. The van der Waals surface area contributed by atoms with E-state index >= 15 is 0 Å². The van der Waals surface area contributed by atoms with Crippen LogP contribution in [-0.4, -0.2) is 65.9 Å². The van der Waals surface area contributed by atoms with Gasteiger partial charge in [0.05, 0.1) is 13.0 Å². The first-order chi connectivity index (χ1) is 9.43. The molecule has 1 fully saturated rings. The molecule has 0 aromatic carbocycles. The monoisotopic (exact) mass is 288 g/mol. The Morgan fingerprint density at radius 1 is 1.40 bits per heavy atom. The number of nitrogens with one attached hydrogen (secondary N) is 1. The van der Waals surface area contributed by atoms with E-state index in [1.165, 1.54) is 4.90 Å². The van der Waals surface area contributed by atoms with Crippen molar-refractivity contribution in [2.24, 2.45) is 5.92 Å². The van der Waals surface area contributed by atoms with Crippen molar-refractivity contribution in [3.8, 4) is 0 Å². The van der Waals surface area contributed by atoms with Crippen LogP contribution in [0.15, 0.2) is 0 Å². The van der Waals surface area contributed by atoms with Gasteiger partial charge >= 0.3 is 18.0 Å². The summed E-state index contributed by atoms with van der Waals surface area (Å²) >= 11 is 0. The van der Waals surface area contributed by atoms with Gasteiger partial charge in [-0.1, -0.05) is 0 Å². The van der Waals surface area contributed by atoms with Crippen molar-refractivity contribution in [3.05, 3.63) is 0 Å². The normalized spacial score (nSPS) is 20.2. The Balaban J connectivity index is 2.55. The lowest BCUT2D eigenvalue weighted by atomic mass is 9.99. The molecule has 0 aliphatic carbocycles. The van der Waals surface area contributed by atoms with Crippen LogP contribution in [0, 0.1) is 5.92 Å². The van der Waals surface area contributed by atoms with Crippen molar-refractivity contribution in [2.45, 2.75) is 25.3 Å². The molecule has 1 aliphatic rings. The molecular formula is C12H20N2O6. The number of carboxylic acids is 2. The minimum Gasteiger partial charge on any atom is -0.481 e. The van der Waals surface area contributed by atoms with Crippen LogP contribution in [0.3, 0.4) is 0 Å². The first kappa shape index (κ1) is 16.2. The standard InChI is InChI=1S/C12H20N2O6/c1-20-7-8-3-2-4-14(6-8)12(19)13-9(11(17)18)5-10(15)16/h8-9H,2-7H2,1H3,(H,13,19)(H,15,16)(H,17,18)/t8?,9-/m1/s1. The quantitative estimate of drug-likeness (QED) is 0.632. The molecule has 2 atom stereocenters. The highest BCUT2D eigenvalue weighted by atomic mass is 16.5. The van der Waals surface area contributed by atoms with Crippen molar-refractivity contribution in [2.75, 3.05) is 26.8 Å². The molecule has 0 radical (unpaired) electrons. The fraction of sp³-hybridized carbons (Fsp3) is 0.750. The second-order valence-corrected chi connectivity index (χ2v) is 4.85. The van der Waals surface area contributed by atoms with Crippen molar-refractivity contribution >= 4 is 18.0 Å². The van der Waals surface area contributed by atoms with Gasteiger partial charge in [-0.2, -0.15) is 0 Å². The van der Waals surface area contributed by atoms with Gasteiger partial charge in [-0.15, -0.1) is 0 Å². The summed E-state index contributed by atoms with van der Waals surface area (Å²) in [6.07, 6.45) is 1.13. The Morgan fingerprint density at radius 3 is 2.65 bits per heavy atom. The van der Waals surface area contributed by atoms with Crippen LogP contribution < -0.4 is 5.32 Å². The summed E-state index contributed by atoms with van der Waals surface area (Å²) in [7, 11) is 1.59. The number of aliphatic carboxylic acids is 2. The average Bonchev–Trinajstić information content (AvgIpc) is 2.38. The number of ether oxygens (including phenoxy) is 1. The zero-order chi connectivity index (χ0) is 15.1. The van der Waals surface area contributed by atoms with E-state index in [1.54, 1.807) is 7.11 Å². The fourth-order valence-corrected chi connectivity index (χ4v) is 2.24. The van der Waals surface area contributed by atoms with Gasteiger partial charge in [0.1, 0.15) is 6.04 Å². The Morgan fingerprint density at radius 2 is 2.10 bits per heavy atom. The number of nitrogens with zero attached hydrogens (tertiary/aromatic N) is 1. The number of carbonyl (C=O) groups excluding carboxylic acids is 1. The molecule has 3 N–H and O–H groups in total. The highest BCUT2D eigenvalue weighted by molar-refractivity contribution is 5.86. The number of carbonyl (C=O) groups is 3. The first-order valence-electron chi connectivity index (χ1n) is 6.43. The summed E-state index contributed by atoms with van der Waals surface area (Å²) in [5.41, 5.74) is 0. The van der Waals surface area contributed by atoms with Crippen LogP contribution in [0.4, 0.5) is 4.79 Å². The number of methoxy groups -OCH3 is 1. The van der Waals surface area contributed by atoms with E-state index in [-0.39, 0.29) is 5.92 Å². The van der Waals surface area contributed by atoms with E-state index in [0.717, 1.165) is 12.8 Å². The average molecular weight is 288 g/mol. The topological polar surface area (TPSA) is 116 Å². The summed E-state index contributed by atoms with van der Waals surface area (Å²) in [6, 6.07) is -1.96. The predicted molar refractivity (Wildman–Crippen MR) is 68.4 cm³/mol. The summed E-state index contributed by atoms with van der Waals surface area (Å²) < 4.78 is 5.05. The minimum atomic E-state index is -1.41. The third-order valence-electron chi connectivity index (χ3n) is 3.18. The summed E-state index contributed by atoms with van der Waals surface area (Å²) in [6.45, 7) is 1.56. The molecule has 1 aliphatic heterocycles. The molecule has 2 amide bonds. The predicted octanol–water partition coefficient (Wildman–Crippen LogP) is -0.0177. The van der Waals surface area contributed by atoms with E-state index < -0.39 is 30.4 Å². The Kier molecular flexibility index (Phi) is 6.23. The van der Waals surface area contributed by atoms with E-state index in [2.05, 4.69) is 5.32 Å². The number of hydrogen-bond donors (Lipinski definition) is 3. The van der Waals surface area contributed by atoms with E-state index in [9.17, 15) is 14.4 Å². The molecular weight excluding hydrogens is 268 g/mol. The summed E-state index contributed by atoms with van der Waals surface area (Å²) in [5, 5.41) is 19.8. The Hall–Kier alpha value is -1.83. The van der Waals surface area contributed by atoms with Gasteiger partial charge < -0.3 is 25.2 Å². The van der Waals surface area contributed by atoms with Crippen molar-refractivity contribution in [3.63, 3.8) is 0 Å². The number of carboxylic acid groups (broad SMARTS) is 2. The van der Waals surface area contributed by atoms with Gasteiger partial charge in [0.15, 0.2) is 0 Å². The van der Waals surface area contributed by atoms with Crippen molar-refractivity contribution in [1.29, 1.82) is 0 Å². The van der Waals surface area contributed by atoms with Crippen LogP contribution in [0.5, 0.6) is 0 Å². The molecule has 1 unspecified atom stereocenters. The van der Waals surface area contributed by atoms with Crippen LogP contribution >= 0.6 is 0 Å². The number of piperidine rings is 1. The SMILES string of the molecule is COCC1CCCN(C(=O)N[C@H](CC(=O)O)C(=O)O)C1. The lowest BCUT2D eigenvalue weighted by Gasteiger charge is -2.33. The number of amides is 2. The molecule has 1 rings (SSSR count). The first-order valence-corrected chi connectivity index (χ1v) is 6.43. The second kappa shape index (κ2) is 7.68. The van der Waals surface area contributed by atoms with E-state index in [4.69, 9.17) is 14.9 Å². The molecule has 8 heteroatoms. The molecule has 0 aromatic heterocycles. The number of urea groups is 1. The van der Waals surface area contributed by atoms with E-state index in [0.29, 0.717) is 19.7 Å². The smallest absolute Gasteiger partial charge is 0.326 e. The molecule has 0 spiro atoms. The number of likely N-dealkylation sites (tertiary alicyclic amines) is 1. The molecule has 0 bridgehead atoms. The van der Waals surface area contributed by atoms with Crippen LogP contribution in [-0.2, 0) is 14.3 Å². The minimum absolute atomic E-state index is 0.224. The van der Waals surface area contributed by atoms with Gasteiger partial charge in [-0.3, -0.25) is 4.79 Å². The largest absolute Gasteiger partial charge is 0.481 e. The van der Waals surface area contributed by atoms with Crippen LogP contribution in [0.2, 0.25) is 0 Å². The zero-order valence-corrected chi connectivity index (χ0v) is 11.4. The molecule has 20 heavy (non-hydrogen) atoms. The summed E-state index contributed by atoms with van der Waals surface area (Å²) in [5.74, 6) is -2.40. The molecule has 8 nitrogen and oxygen atoms in total. The maximum absolute atomic E-state index is 12.0. The van der Waals surface area contributed by atoms with Crippen LogP contribution in [0.25, 0.3) is 0 Å². The lowest BCUT2D eigenvalue weighted by molar-refractivity contribution is -0.145. The maximum Gasteiger partial charge on any atom is 0.326 e. The van der Waals surface area contributed by atoms with Gasteiger partial charge in [-0.25, -0.2) is 9.59 Å². The van der Waals surface area contributed by atoms with Gasteiger partial charge in [-0.05, 0) is 12.8 Å². The second-order valence-electron chi connectivity index (χ2n) is 4.85. The Labute approximate surface area is 116 Å². The molecule has 0 aromatic rings. The van der Waals surface area contributed by atoms with Crippen molar-refractivity contribution in [1.82, 2.24) is 10.2 Å². The molecule has 1 saturated heterocycles. The van der Waals surface area contributed by atoms with Gasteiger partial charge in [0.2, 0.25) is 0 Å². The van der Waals surface area contributed by atoms with Crippen molar-refractivity contribution < 1.29 is 29.3 Å². The van der Waals surface area contributed by atoms with E-state index in [1.807, 2.05) is 0 Å². The van der Waals surface area contributed by atoms with Gasteiger partial charge in [0.25, 0.3) is 0 Å².